The Balaban J connectivity index is 2.23. The highest BCUT2D eigenvalue weighted by Gasteiger charge is 2.22. The van der Waals surface area contributed by atoms with Gasteiger partial charge < -0.3 is 4.90 Å². The molecule has 2 nitrogen and oxygen atoms in total. The molecule has 0 spiro atoms. The molecule has 2 heteroatoms. The van der Waals surface area contributed by atoms with Gasteiger partial charge in [0.2, 0.25) is 0 Å². The minimum Gasteiger partial charge on any atom is -0.368 e. The first-order valence-electron chi connectivity index (χ1n) is 6.43. The molecule has 1 heterocycles. The summed E-state index contributed by atoms with van der Waals surface area (Å²) < 4.78 is 0. The number of nitriles is 1. The third-order valence-corrected chi connectivity index (χ3v) is 3.78. The van der Waals surface area contributed by atoms with Gasteiger partial charge in [-0.05, 0) is 56.4 Å². The van der Waals surface area contributed by atoms with Crippen LogP contribution in [0, 0.1) is 25.2 Å². The molecule has 0 N–H and O–H groups in total. The van der Waals surface area contributed by atoms with Crippen molar-refractivity contribution in [1.29, 1.82) is 5.26 Å². The molecule has 0 saturated carbocycles. The molecule has 1 aromatic rings. The molecule has 1 aromatic carbocycles. The lowest BCUT2D eigenvalue weighted by Crippen LogP contribution is -2.39. The molecular formula is C15H20N2. The van der Waals surface area contributed by atoms with E-state index >= 15 is 0 Å². The van der Waals surface area contributed by atoms with E-state index in [-0.39, 0.29) is 0 Å². The monoisotopic (exact) mass is 228 g/mol. The normalized spacial score (nSPS) is 20.1. The van der Waals surface area contributed by atoms with Crippen LogP contribution in [0.5, 0.6) is 0 Å². The van der Waals surface area contributed by atoms with E-state index in [0.29, 0.717) is 12.5 Å². The highest BCUT2D eigenvalue weighted by atomic mass is 15.2. The van der Waals surface area contributed by atoms with E-state index in [1.807, 2.05) is 0 Å². The van der Waals surface area contributed by atoms with Gasteiger partial charge in [0.1, 0.15) is 0 Å². The summed E-state index contributed by atoms with van der Waals surface area (Å²) in [5.74, 6) is 0. The van der Waals surface area contributed by atoms with Gasteiger partial charge in [-0.3, -0.25) is 0 Å². The number of nitrogens with zero attached hydrogens (tertiary/aromatic N) is 2. The Hall–Kier alpha value is -1.49. The summed E-state index contributed by atoms with van der Waals surface area (Å²) in [6.45, 7) is 5.39. The highest BCUT2D eigenvalue weighted by molar-refractivity contribution is 5.51. The standard InChI is InChI=1S/C15H20N2/c1-12-6-7-15(11-13(12)2)17-10-4-3-5-14(17)8-9-16/h6-7,11,14H,3-5,8,10H2,1-2H3. The van der Waals surface area contributed by atoms with E-state index in [9.17, 15) is 0 Å². The molecule has 2 rings (SSSR count). The molecule has 1 aliphatic heterocycles. The molecule has 0 bridgehead atoms. The van der Waals surface area contributed by atoms with Crippen molar-refractivity contribution in [3.63, 3.8) is 0 Å². The van der Waals surface area contributed by atoms with Gasteiger partial charge >= 0.3 is 0 Å². The SMILES string of the molecule is Cc1ccc(N2CCCCC2CC#N)cc1C. The summed E-state index contributed by atoms with van der Waals surface area (Å²) in [5.41, 5.74) is 3.96. The van der Waals surface area contributed by atoms with Crippen LogP contribution in [0.1, 0.15) is 36.8 Å². The number of piperidine rings is 1. The Kier molecular flexibility index (Phi) is 3.68. The van der Waals surface area contributed by atoms with Crippen molar-refractivity contribution in [2.45, 2.75) is 45.6 Å². The molecule has 1 aliphatic rings. The van der Waals surface area contributed by atoms with Gasteiger partial charge in [0, 0.05) is 18.3 Å². The number of anilines is 1. The van der Waals surface area contributed by atoms with Crippen molar-refractivity contribution < 1.29 is 0 Å². The van der Waals surface area contributed by atoms with Crippen LogP contribution in [-0.2, 0) is 0 Å². The van der Waals surface area contributed by atoms with Gasteiger partial charge in [-0.25, -0.2) is 0 Å². The third kappa shape index (κ3) is 2.61. The average Bonchev–Trinajstić information content (AvgIpc) is 2.34. The zero-order valence-corrected chi connectivity index (χ0v) is 10.7. The molecule has 0 amide bonds. The Bertz CT molecular complexity index is 431. The molecule has 1 unspecified atom stereocenters. The summed E-state index contributed by atoms with van der Waals surface area (Å²) >= 11 is 0. The van der Waals surface area contributed by atoms with E-state index < -0.39 is 0 Å². The zero-order chi connectivity index (χ0) is 12.3. The van der Waals surface area contributed by atoms with E-state index in [4.69, 9.17) is 5.26 Å². The summed E-state index contributed by atoms with van der Waals surface area (Å²) in [5, 5.41) is 8.91. The lowest BCUT2D eigenvalue weighted by Gasteiger charge is -2.36. The fourth-order valence-electron chi connectivity index (χ4n) is 2.56. The number of aryl methyl sites for hydroxylation is 2. The molecule has 0 aliphatic carbocycles. The molecule has 1 atom stereocenters. The number of benzene rings is 1. The minimum atomic E-state index is 0.413. The second kappa shape index (κ2) is 5.23. The number of hydrogen-bond acceptors (Lipinski definition) is 2. The van der Waals surface area contributed by atoms with Crippen LogP contribution in [0.2, 0.25) is 0 Å². The fourth-order valence-corrected chi connectivity index (χ4v) is 2.56. The predicted molar refractivity (Wildman–Crippen MR) is 71.1 cm³/mol. The minimum absolute atomic E-state index is 0.413. The van der Waals surface area contributed by atoms with Crippen LogP contribution < -0.4 is 4.90 Å². The van der Waals surface area contributed by atoms with Crippen molar-refractivity contribution in [3.05, 3.63) is 29.3 Å². The van der Waals surface area contributed by atoms with E-state index in [1.165, 1.54) is 29.7 Å². The maximum Gasteiger partial charge on any atom is 0.0643 e. The largest absolute Gasteiger partial charge is 0.368 e. The van der Waals surface area contributed by atoms with Gasteiger partial charge in [0.15, 0.2) is 0 Å². The first-order chi connectivity index (χ1) is 8.22. The Labute approximate surface area is 104 Å². The lowest BCUT2D eigenvalue weighted by molar-refractivity contribution is 0.464. The summed E-state index contributed by atoms with van der Waals surface area (Å²) in [7, 11) is 0. The predicted octanol–water partition coefficient (Wildman–Crippen LogP) is 3.58. The van der Waals surface area contributed by atoms with Crippen LogP contribution in [0.25, 0.3) is 0 Å². The van der Waals surface area contributed by atoms with Gasteiger partial charge in [-0.2, -0.15) is 5.26 Å². The molecular weight excluding hydrogens is 208 g/mol. The van der Waals surface area contributed by atoms with Gasteiger partial charge in [-0.15, -0.1) is 0 Å². The number of rotatable bonds is 2. The maximum atomic E-state index is 8.91. The van der Waals surface area contributed by atoms with Crippen molar-refractivity contribution >= 4 is 5.69 Å². The molecule has 90 valence electrons. The van der Waals surface area contributed by atoms with Crippen molar-refractivity contribution in [2.75, 3.05) is 11.4 Å². The van der Waals surface area contributed by atoms with Crippen LogP contribution >= 0.6 is 0 Å². The Morgan fingerprint density at radius 3 is 2.82 bits per heavy atom. The summed E-state index contributed by atoms with van der Waals surface area (Å²) in [6, 6.07) is 9.37. The Morgan fingerprint density at radius 2 is 2.12 bits per heavy atom. The Morgan fingerprint density at radius 1 is 1.29 bits per heavy atom. The van der Waals surface area contributed by atoms with E-state index in [1.54, 1.807) is 0 Å². The maximum absolute atomic E-state index is 8.91. The third-order valence-electron chi connectivity index (χ3n) is 3.78. The molecule has 0 aromatic heterocycles. The first-order valence-corrected chi connectivity index (χ1v) is 6.43. The highest BCUT2D eigenvalue weighted by Crippen LogP contribution is 2.27. The van der Waals surface area contributed by atoms with Crippen molar-refractivity contribution in [1.82, 2.24) is 0 Å². The smallest absolute Gasteiger partial charge is 0.0643 e. The fraction of sp³-hybridized carbons (Fsp3) is 0.533. The van der Waals surface area contributed by atoms with Crippen LogP contribution in [0.15, 0.2) is 18.2 Å². The summed E-state index contributed by atoms with van der Waals surface area (Å²) in [6.07, 6.45) is 4.30. The topological polar surface area (TPSA) is 27.0 Å². The molecule has 1 fully saturated rings. The second-order valence-corrected chi connectivity index (χ2v) is 4.97. The van der Waals surface area contributed by atoms with Crippen LogP contribution in [-0.4, -0.2) is 12.6 Å². The van der Waals surface area contributed by atoms with Crippen LogP contribution in [0.3, 0.4) is 0 Å². The van der Waals surface area contributed by atoms with Crippen molar-refractivity contribution in [2.24, 2.45) is 0 Å². The number of hydrogen-bond donors (Lipinski definition) is 0. The molecule has 17 heavy (non-hydrogen) atoms. The zero-order valence-electron chi connectivity index (χ0n) is 10.7. The van der Waals surface area contributed by atoms with Crippen molar-refractivity contribution in [3.8, 4) is 6.07 Å². The quantitative estimate of drug-likeness (QED) is 0.773. The van der Waals surface area contributed by atoms with Gasteiger partial charge in [0.25, 0.3) is 0 Å². The van der Waals surface area contributed by atoms with Gasteiger partial charge in [-0.1, -0.05) is 6.07 Å². The summed E-state index contributed by atoms with van der Waals surface area (Å²) in [4.78, 5) is 2.42. The lowest BCUT2D eigenvalue weighted by atomic mass is 9.98. The van der Waals surface area contributed by atoms with E-state index in [0.717, 1.165) is 13.0 Å². The first kappa shape index (κ1) is 12.0. The van der Waals surface area contributed by atoms with Crippen LogP contribution in [0.4, 0.5) is 5.69 Å². The second-order valence-electron chi connectivity index (χ2n) is 4.97. The van der Waals surface area contributed by atoms with E-state index in [2.05, 4.69) is 43.0 Å². The molecule has 0 radical (unpaired) electrons. The molecule has 1 saturated heterocycles. The van der Waals surface area contributed by atoms with Gasteiger partial charge in [0.05, 0.1) is 12.5 Å². The average molecular weight is 228 g/mol.